The molecule has 7 nitrogen and oxygen atoms in total. The number of halogens is 1. The molecule has 1 heterocycles. The molecule has 2 rings (SSSR count). The number of nitrogens with one attached hydrogen (secondary N) is 1. The van der Waals surface area contributed by atoms with Crippen molar-refractivity contribution in [1.82, 2.24) is 14.3 Å². The highest BCUT2D eigenvalue weighted by molar-refractivity contribution is 6.31. The summed E-state index contributed by atoms with van der Waals surface area (Å²) in [6, 6.07) is 4.82. The van der Waals surface area contributed by atoms with Crippen molar-refractivity contribution in [2.24, 2.45) is 7.05 Å². The SMILES string of the molecule is Cn1cnn(CCC(=O)Nc2cc(Cl)ccc2N)c1=O. The van der Waals surface area contributed by atoms with Gasteiger partial charge in [-0.15, -0.1) is 0 Å². The minimum Gasteiger partial charge on any atom is -0.397 e. The first-order chi connectivity index (χ1) is 9.47. The summed E-state index contributed by atoms with van der Waals surface area (Å²) in [7, 11) is 1.60. The summed E-state index contributed by atoms with van der Waals surface area (Å²) in [5.74, 6) is -0.267. The van der Waals surface area contributed by atoms with Crippen molar-refractivity contribution in [2.45, 2.75) is 13.0 Å². The molecule has 2 aromatic rings. The first-order valence-corrected chi connectivity index (χ1v) is 6.28. The van der Waals surface area contributed by atoms with Crippen molar-refractivity contribution in [3.8, 4) is 0 Å². The number of anilines is 2. The Morgan fingerprint density at radius 2 is 2.25 bits per heavy atom. The predicted octanol–water partition coefficient (Wildman–Crippen LogP) is 0.846. The summed E-state index contributed by atoms with van der Waals surface area (Å²) in [5.41, 5.74) is 6.35. The number of nitrogens with zero attached hydrogens (tertiary/aromatic N) is 3. The van der Waals surface area contributed by atoms with Gasteiger partial charge in [-0.25, -0.2) is 9.48 Å². The zero-order valence-corrected chi connectivity index (χ0v) is 11.6. The number of rotatable bonds is 4. The maximum Gasteiger partial charge on any atom is 0.345 e. The number of carbonyl (C=O) groups excluding carboxylic acids is 1. The fraction of sp³-hybridized carbons (Fsp3) is 0.250. The van der Waals surface area contributed by atoms with Crippen molar-refractivity contribution in [3.05, 3.63) is 40.0 Å². The summed E-state index contributed by atoms with van der Waals surface area (Å²) in [6.07, 6.45) is 1.51. The van der Waals surface area contributed by atoms with E-state index in [0.717, 1.165) is 0 Å². The van der Waals surface area contributed by atoms with Crippen LogP contribution in [-0.2, 0) is 18.4 Å². The second-order valence-electron chi connectivity index (χ2n) is 4.28. The molecule has 0 aliphatic rings. The van der Waals surface area contributed by atoms with Crippen LogP contribution < -0.4 is 16.7 Å². The molecule has 8 heteroatoms. The normalized spacial score (nSPS) is 10.5. The Bertz CT molecular complexity index is 691. The Hall–Kier alpha value is -2.28. The smallest absolute Gasteiger partial charge is 0.345 e. The third kappa shape index (κ3) is 3.18. The van der Waals surface area contributed by atoms with Gasteiger partial charge >= 0.3 is 5.69 Å². The number of nitrogens with two attached hydrogens (primary N) is 1. The van der Waals surface area contributed by atoms with Crippen LogP contribution in [0.4, 0.5) is 11.4 Å². The lowest BCUT2D eigenvalue weighted by atomic mass is 10.2. The molecule has 1 aromatic heterocycles. The number of aromatic nitrogens is 3. The summed E-state index contributed by atoms with van der Waals surface area (Å²) in [5, 5.41) is 7.00. The molecule has 1 aromatic carbocycles. The van der Waals surface area contributed by atoms with Gasteiger partial charge in [0.05, 0.1) is 17.9 Å². The van der Waals surface area contributed by atoms with Gasteiger partial charge in [-0.2, -0.15) is 5.10 Å². The Kier molecular flexibility index (Phi) is 4.09. The van der Waals surface area contributed by atoms with Crippen LogP contribution in [0.15, 0.2) is 29.3 Å². The number of benzene rings is 1. The Morgan fingerprint density at radius 1 is 1.50 bits per heavy atom. The first-order valence-electron chi connectivity index (χ1n) is 5.90. The van der Waals surface area contributed by atoms with Crippen LogP contribution in [0.25, 0.3) is 0 Å². The van der Waals surface area contributed by atoms with Gasteiger partial charge in [0.1, 0.15) is 6.33 Å². The average molecular weight is 296 g/mol. The van der Waals surface area contributed by atoms with Crippen molar-refractivity contribution in [1.29, 1.82) is 0 Å². The Labute approximate surface area is 120 Å². The number of nitrogen functional groups attached to an aromatic ring is 1. The summed E-state index contributed by atoms with van der Waals surface area (Å²) in [4.78, 5) is 23.3. The van der Waals surface area contributed by atoms with Crippen LogP contribution in [0.3, 0.4) is 0 Å². The van der Waals surface area contributed by atoms with E-state index in [2.05, 4.69) is 10.4 Å². The summed E-state index contributed by atoms with van der Waals surface area (Å²) < 4.78 is 2.56. The summed E-state index contributed by atoms with van der Waals surface area (Å²) >= 11 is 5.83. The fourth-order valence-electron chi connectivity index (χ4n) is 1.63. The van der Waals surface area contributed by atoms with Crippen LogP contribution >= 0.6 is 11.6 Å². The largest absolute Gasteiger partial charge is 0.397 e. The van der Waals surface area contributed by atoms with E-state index >= 15 is 0 Å². The minimum absolute atomic E-state index is 0.114. The molecule has 0 spiro atoms. The van der Waals surface area contributed by atoms with E-state index in [9.17, 15) is 9.59 Å². The van der Waals surface area contributed by atoms with Gasteiger partial charge in [0, 0.05) is 18.5 Å². The van der Waals surface area contributed by atoms with E-state index in [1.807, 2.05) is 0 Å². The molecule has 0 unspecified atom stereocenters. The van der Waals surface area contributed by atoms with Gasteiger partial charge in [0.15, 0.2) is 0 Å². The Morgan fingerprint density at radius 3 is 2.90 bits per heavy atom. The van der Waals surface area contributed by atoms with Crippen LogP contribution in [0.2, 0.25) is 5.02 Å². The first kappa shape index (κ1) is 14.1. The molecule has 0 atom stereocenters. The number of hydrogen-bond acceptors (Lipinski definition) is 4. The molecule has 0 saturated heterocycles. The lowest BCUT2D eigenvalue weighted by Gasteiger charge is -2.08. The van der Waals surface area contributed by atoms with Gasteiger partial charge in [-0.3, -0.25) is 9.36 Å². The fourth-order valence-corrected chi connectivity index (χ4v) is 1.80. The maximum absolute atomic E-state index is 11.8. The van der Waals surface area contributed by atoms with Crippen molar-refractivity contribution in [2.75, 3.05) is 11.1 Å². The molecule has 0 aliphatic carbocycles. The quantitative estimate of drug-likeness (QED) is 0.817. The zero-order chi connectivity index (χ0) is 14.7. The van der Waals surface area contributed by atoms with E-state index in [1.165, 1.54) is 15.6 Å². The van der Waals surface area contributed by atoms with Crippen LogP contribution in [0.5, 0.6) is 0 Å². The Balaban J connectivity index is 1.98. The van der Waals surface area contributed by atoms with E-state index in [-0.39, 0.29) is 24.6 Å². The maximum atomic E-state index is 11.8. The lowest BCUT2D eigenvalue weighted by molar-refractivity contribution is -0.116. The van der Waals surface area contributed by atoms with Gasteiger partial charge in [-0.1, -0.05) is 11.6 Å². The van der Waals surface area contributed by atoms with Gasteiger partial charge in [-0.05, 0) is 18.2 Å². The molecule has 3 N–H and O–H groups in total. The highest BCUT2D eigenvalue weighted by Gasteiger charge is 2.08. The van der Waals surface area contributed by atoms with E-state index in [1.54, 1.807) is 25.2 Å². The molecule has 1 amide bonds. The van der Waals surface area contributed by atoms with Gasteiger partial charge in [0.2, 0.25) is 5.91 Å². The monoisotopic (exact) mass is 295 g/mol. The zero-order valence-electron chi connectivity index (χ0n) is 10.8. The molecule has 0 aliphatic heterocycles. The molecular formula is C12H14ClN5O2. The predicted molar refractivity (Wildman–Crippen MR) is 76.6 cm³/mol. The van der Waals surface area contributed by atoms with Crippen molar-refractivity contribution < 1.29 is 4.79 Å². The molecule has 20 heavy (non-hydrogen) atoms. The lowest BCUT2D eigenvalue weighted by Crippen LogP contribution is -2.25. The number of carbonyl (C=O) groups is 1. The van der Waals surface area contributed by atoms with E-state index in [0.29, 0.717) is 16.4 Å². The highest BCUT2D eigenvalue weighted by Crippen LogP contribution is 2.22. The van der Waals surface area contributed by atoms with Crippen LogP contribution in [-0.4, -0.2) is 20.3 Å². The topological polar surface area (TPSA) is 94.9 Å². The van der Waals surface area contributed by atoms with Crippen molar-refractivity contribution >= 4 is 28.9 Å². The number of amides is 1. The second kappa shape index (κ2) is 5.79. The second-order valence-corrected chi connectivity index (χ2v) is 4.71. The third-order valence-corrected chi connectivity index (χ3v) is 2.96. The molecule has 106 valence electrons. The number of aryl methyl sites for hydroxylation is 2. The average Bonchev–Trinajstić information content (AvgIpc) is 2.72. The van der Waals surface area contributed by atoms with Gasteiger partial charge < -0.3 is 11.1 Å². The standard InChI is InChI=1S/C12H14ClN5O2/c1-17-7-15-18(12(17)20)5-4-11(19)16-10-6-8(13)2-3-9(10)14/h2-3,6-7H,4-5,14H2,1H3,(H,16,19). The third-order valence-electron chi connectivity index (χ3n) is 2.73. The van der Waals surface area contributed by atoms with E-state index < -0.39 is 0 Å². The number of hydrogen-bond donors (Lipinski definition) is 2. The van der Waals surface area contributed by atoms with Crippen LogP contribution in [0, 0.1) is 0 Å². The minimum atomic E-state index is -0.267. The van der Waals surface area contributed by atoms with Gasteiger partial charge in [0.25, 0.3) is 0 Å². The highest BCUT2D eigenvalue weighted by atomic mass is 35.5. The molecule has 0 saturated carbocycles. The van der Waals surface area contributed by atoms with E-state index in [4.69, 9.17) is 17.3 Å². The van der Waals surface area contributed by atoms with Crippen molar-refractivity contribution in [3.63, 3.8) is 0 Å². The molecule has 0 fully saturated rings. The van der Waals surface area contributed by atoms with Crippen LogP contribution in [0.1, 0.15) is 6.42 Å². The summed E-state index contributed by atoms with van der Waals surface area (Å²) in [6.45, 7) is 0.200. The molecule has 0 bridgehead atoms. The molecule has 0 radical (unpaired) electrons. The molecular weight excluding hydrogens is 282 g/mol.